The molecule has 0 aromatic heterocycles. The van der Waals surface area contributed by atoms with Crippen LogP contribution in [0.25, 0.3) is 6.08 Å². The molecule has 0 atom stereocenters. The second kappa shape index (κ2) is 8.46. The zero-order valence-corrected chi connectivity index (χ0v) is 17.4. The van der Waals surface area contributed by atoms with Crippen molar-refractivity contribution in [2.75, 3.05) is 18.0 Å². The van der Waals surface area contributed by atoms with Crippen LogP contribution in [0.5, 0.6) is 0 Å². The van der Waals surface area contributed by atoms with Crippen LogP contribution in [0.15, 0.2) is 28.1 Å². The zero-order chi connectivity index (χ0) is 19.6. The van der Waals surface area contributed by atoms with Crippen molar-refractivity contribution < 1.29 is 9.18 Å². The minimum atomic E-state index is -0.288. The third kappa shape index (κ3) is 4.54. The first-order valence-electron chi connectivity index (χ1n) is 9.72. The summed E-state index contributed by atoms with van der Waals surface area (Å²) in [6.07, 6.45) is 5.21. The number of rotatable bonds is 4. The van der Waals surface area contributed by atoms with Gasteiger partial charge in [-0.25, -0.2) is 4.39 Å². The SMILES string of the molecule is CC(C)N=C1S/C(=C/c2ccc(N3CCCCC3)cc2F)C(=O)N1C(C)C. The van der Waals surface area contributed by atoms with Crippen molar-refractivity contribution in [2.24, 2.45) is 4.99 Å². The second-order valence-electron chi connectivity index (χ2n) is 7.64. The lowest BCUT2D eigenvalue weighted by Gasteiger charge is -2.28. The predicted molar refractivity (Wildman–Crippen MR) is 113 cm³/mol. The summed E-state index contributed by atoms with van der Waals surface area (Å²) in [6, 6.07) is 5.43. The van der Waals surface area contributed by atoms with Gasteiger partial charge in [-0.05, 0) is 83.0 Å². The van der Waals surface area contributed by atoms with Crippen LogP contribution >= 0.6 is 11.8 Å². The summed E-state index contributed by atoms with van der Waals surface area (Å²) in [6.45, 7) is 9.85. The third-order valence-corrected chi connectivity index (χ3v) is 5.71. The van der Waals surface area contributed by atoms with Crippen molar-refractivity contribution in [3.63, 3.8) is 0 Å². The van der Waals surface area contributed by atoms with Gasteiger partial charge in [-0.3, -0.25) is 14.7 Å². The summed E-state index contributed by atoms with van der Waals surface area (Å²) in [5, 5.41) is 0.696. The number of nitrogens with zero attached hydrogens (tertiary/aromatic N) is 3. The molecule has 1 aromatic carbocycles. The summed E-state index contributed by atoms with van der Waals surface area (Å²) < 4.78 is 14.7. The maximum atomic E-state index is 14.7. The van der Waals surface area contributed by atoms with Crippen molar-refractivity contribution in [2.45, 2.75) is 59.0 Å². The summed E-state index contributed by atoms with van der Waals surface area (Å²) in [4.78, 5) is 21.8. The topological polar surface area (TPSA) is 35.9 Å². The number of aliphatic imine (C=N–C) groups is 1. The van der Waals surface area contributed by atoms with Crippen molar-refractivity contribution in [3.05, 3.63) is 34.5 Å². The van der Waals surface area contributed by atoms with Gasteiger partial charge >= 0.3 is 0 Å². The quantitative estimate of drug-likeness (QED) is 0.687. The van der Waals surface area contributed by atoms with E-state index >= 15 is 0 Å². The molecule has 1 aromatic rings. The van der Waals surface area contributed by atoms with E-state index in [1.165, 1.54) is 18.2 Å². The smallest absolute Gasteiger partial charge is 0.266 e. The van der Waals surface area contributed by atoms with E-state index in [1.54, 1.807) is 23.1 Å². The van der Waals surface area contributed by atoms with Gasteiger partial charge in [-0.1, -0.05) is 0 Å². The molecule has 0 aliphatic carbocycles. The fourth-order valence-corrected chi connectivity index (χ4v) is 4.60. The molecule has 2 fully saturated rings. The summed E-state index contributed by atoms with van der Waals surface area (Å²) in [5.41, 5.74) is 1.37. The molecule has 0 spiro atoms. The number of halogens is 1. The molecule has 27 heavy (non-hydrogen) atoms. The molecular weight excluding hydrogens is 361 g/mol. The fourth-order valence-electron chi connectivity index (χ4n) is 3.38. The number of benzene rings is 1. The Balaban J connectivity index is 1.86. The third-order valence-electron chi connectivity index (χ3n) is 4.71. The first-order valence-corrected chi connectivity index (χ1v) is 10.5. The van der Waals surface area contributed by atoms with E-state index in [4.69, 9.17) is 0 Å². The number of piperidine rings is 1. The molecule has 0 radical (unpaired) electrons. The summed E-state index contributed by atoms with van der Waals surface area (Å²) >= 11 is 1.33. The molecule has 1 amide bonds. The first kappa shape index (κ1) is 19.9. The Labute approximate surface area is 165 Å². The number of thioether (sulfide) groups is 1. The largest absolute Gasteiger partial charge is 0.371 e. The van der Waals surface area contributed by atoms with Gasteiger partial charge in [-0.2, -0.15) is 0 Å². The van der Waals surface area contributed by atoms with Crippen LogP contribution in [-0.2, 0) is 4.79 Å². The summed E-state index contributed by atoms with van der Waals surface area (Å²) in [5.74, 6) is -0.391. The molecule has 2 aliphatic rings. The maximum Gasteiger partial charge on any atom is 0.266 e. The molecule has 0 unspecified atom stereocenters. The van der Waals surface area contributed by atoms with Gasteiger partial charge in [0.1, 0.15) is 5.82 Å². The van der Waals surface area contributed by atoms with Crippen molar-refractivity contribution in [1.29, 1.82) is 0 Å². The molecule has 2 heterocycles. The average Bonchev–Trinajstić information content (AvgIpc) is 2.92. The Hall–Kier alpha value is -1.82. The molecule has 0 saturated carbocycles. The highest BCUT2D eigenvalue weighted by Crippen LogP contribution is 2.35. The zero-order valence-electron chi connectivity index (χ0n) is 16.5. The number of hydrogen-bond donors (Lipinski definition) is 0. The minimum Gasteiger partial charge on any atom is -0.371 e. The van der Waals surface area contributed by atoms with Crippen LogP contribution in [-0.4, -0.2) is 41.1 Å². The molecule has 0 bridgehead atoms. The average molecular weight is 390 g/mol. The van der Waals surface area contributed by atoms with Crippen molar-refractivity contribution >= 4 is 34.6 Å². The molecular formula is C21H28FN3OS. The highest BCUT2D eigenvalue weighted by atomic mass is 32.2. The Morgan fingerprint density at radius 1 is 1.15 bits per heavy atom. The van der Waals surface area contributed by atoms with Gasteiger partial charge in [0.25, 0.3) is 5.91 Å². The number of amides is 1. The lowest BCUT2D eigenvalue weighted by Crippen LogP contribution is -2.35. The highest BCUT2D eigenvalue weighted by molar-refractivity contribution is 8.18. The number of carbonyl (C=O) groups excluding carboxylic acids is 1. The number of anilines is 1. The second-order valence-corrected chi connectivity index (χ2v) is 8.65. The van der Waals surface area contributed by atoms with Crippen molar-refractivity contribution in [3.8, 4) is 0 Å². The summed E-state index contributed by atoms with van der Waals surface area (Å²) in [7, 11) is 0. The van der Waals surface area contributed by atoms with Crippen LogP contribution in [0.1, 0.15) is 52.5 Å². The highest BCUT2D eigenvalue weighted by Gasteiger charge is 2.35. The van der Waals surface area contributed by atoms with Crippen LogP contribution < -0.4 is 4.90 Å². The molecule has 4 nitrogen and oxygen atoms in total. The van der Waals surface area contributed by atoms with Gasteiger partial charge in [0.2, 0.25) is 0 Å². The van der Waals surface area contributed by atoms with Crippen LogP contribution in [0.3, 0.4) is 0 Å². The van der Waals surface area contributed by atoms with Crippen LogP contribution in [0.2, 0.25) is 0 Å². The molecule has 3 rings (SSSR count). The van der Waals surface area contributed by atoms with E-state index in [2.05, 4.69) is 9.89 Å². The van der Waals surface area contributed by atoms with E-state index in [-0.39, 0.29) is 23.8 Å². The van der Waals surface area contributed by atoms with Gasteiger partial charge < -0.3 is 4.90 Å². The minimum absolute atomic E-state index is 0.0136. The van der Waals surface area contributed by atoms with Gasteiger partial charge in [0, 0.05) is 36.4 Å². The Morgan fingerprint density at radius 3 is 2.44 bits per heavy atom. The Kier molecular flexibility index (Phi) is 6.25. The van der Waals surface area contributed by atoms with E-state index in [1.807, 2.05) is 33.8 Å². The van der Waals surface area contributed by atoms with Gasteiger partial charge in [-0.15, -0.1) is 0 Å². The molecule has 6 heteroatoms. The Bertz CT molecular complexity index is 767. The van der Waals surface area contributed by atoms with E-state index < -0.39 is 0 Å². The Morgan fingerprint density at radius 2 is 1.85 bits per heavy atom. The monoisotopic (exact) mass is 389 g/mol. The first-order chi connectivity index (χ1) is 12.9. The van der Waals surface area contributed by atoms with Crippen LogP contribution in [0.4, 0.5) is 10.1 Å². The van der Waals surface area contributed by atoms with E-state index in [0.717, 1.165) is 31.6 Å². The normalized spacial score (nSPS) is 21.4. The van der Waals surface area contributed by atoms with Crippen molar-refractivity contribution in [1.82, 2.24) is 4.90 Å². The van der Waals surface area contributed by atoms with Crippen LogP contribution in [0, 0.1) is 5.82 Å². The standard InChI is InChI=1S/C21H28FN3OS/c1-14(2)23-21-25(15(3)4)20(26)19(27-21)12-16-8-9-17(13-18(16)22)24-10-6-5-7-11-24/h8-9,12-15H,5-7,10-11H2,1-4H3/b19-12+,23-21?. The number of amidine groups is 1. The molecule has 2 saturated heterocycles. The lowest BCUT2D eigenvalue weighted by molar-refractivity contribution is -0.123. The van der Waals surface area contributed by atoms with E-state index in [9.17, 15) is 9.18 Å². The molecule has 146 valence electrons. The molecule has 0 N–H and O–H groups in total. The predicted octanol–water partition coefficient (Wildman–Crippen LogP) is 4.91. The molecule has 2 aliphatic heterocycles. The number of carbonyl (C=O) groups is 1. The van der Waals surface area contributed by atoms with E-state index in [0.29, 0.717) is 15.6 Å². The lowest BCUT2D eigenvalue weighted by atomic mass is 10.1. The van der Waals surface area contributed by atoms with Gasteiger partial charge in [0.15, 0.2) is 5.17 Å². The fraction of sp³-hybridized carbons (Fsp3) is 0.524. The number of hydrogen-bond acceptors (Lipinski definition) is 4. The maximum absolute atomic E-state index is 14.7. The van der Waals surface area contributed by atoms with Gasteiger partial charge in [0.05, 0.1) is 4.91 Å².